The Morgan fingerprint density at radius 2 is 1.79 bits per heavy atom. The number of ether oxygens (including phenoxy) is 1. The fourth-order valence-electron chi connectivity index (χ4n) is 5.49. The second kappa shape index (κ2) is 10.4. The number of aryl methyl sites for hydroxylation is 3. The molecule has 1 atom stereocenters. The smallest absolute Gasteiger partial charge is 0.161 e. The molecule has 0 aromatic heterocycles. The van der Waals surface area contributed by atoms with Crippen LogP contribution in [-0.2, 0) is 11.4 Å². The molecule has 0 amide bonds. The van der Waals surface area contributed by atoms with E-state index < -0.39 is 5.92 Å². The van der Waals surface area contributed by atoms with E-state index in [0.29, 0.717) is 40.8 Å². The van der Waals surface area contributed by atoms with Crippen LogP contribution in [0.15, 0.2) is 83.3 Å². The maximum Gasteiger partial charge on any atom is 0.161 e. The van der Waals surface area contributed by atoms with E-state index in [1.165, 1.54) is 0 Å². The lowest BCUT2D eigenvalue weighted by molar-refractivity contribution is -0.116. The number of rotatable bonds is 5. The summed E-state index contributed by atoms with van der Waals surface area (Å²) in [7, 11) is 0. The SMILES string of the molecule is Cc1ccc(N2C(N)=C(C#N)C(c3cc(COc4ccccc4Cl)c(C)cc3C)C3=C2CCCC3=O)cc1. The first-order valence-corrected chi connectivity index (χ1v) is 13.2. The molecule has 0 spiro atoms. The minimum absolute atomic E-state index is 0.0717. The van der Waals surface area contributed by atoms with E-state index in [9.17, 15) is 10.1 Å². The topological polar surface area (TPSA) is 79.3 Å². The first-order valence-electron chi connectivity index (χ1n) is 12.8. The van der Waals surface area contributed by atoms with Crippen LogP contribution in [0.25, 0.3) is 0 Å². The molecule has 6 heteroatoms. The highest BCUT2D eigenvalue weighted by Crippen LogP contribution is 2.47. The Morgan fingerprint density at radius 1 is 1.05 bits per heavy atom. The predicted molar refractivity (Wildman–Crippen MR) is 151 cm³/mol. The van der Waals surface area contributed by atoms with Crippen molar-refractivity contribution in [1.29, 1.82) is 5.26 Å². The van der Waals surface area contributed by atoms with Gasteiger partial charge in [-0.1, -0.05) is 53.6 Å². The first kappa shape index (κ1) is 25.6. The van der Waals surface area contributed by atoms with Gasteiger partial charge in [-0.2, -0.15) is 5.26 Å². The Balaban J connectivity index is 1.63. The van der Waals surface area contributed by atoms with Gasteiger partial charge in [0.15, 0.2) is 5.78 Å². The second-order valence-corrected chi connectivity index (χ2v) is 10.4. The predicted octanol–water partition coefficient (Wildman–Crippen LogP) is 7.15. The quantitative estimate of drug-likeness (QED) is 0.384. The van der Waals surface area contributed by atoms with Crippen molar-refractivity contribution >= 4 is 23.1 Å². The number of hydrogen-bond donors (Lipinski definition) is 1. The van der Waals surface area contributed by atoms with Gasteiger partial charge in [-0.3, -0.25) is 9.69 Å². The summed E-state index contributed by atoms with van der Waals surface area (Å²) in [6.07, 6.45) is 1.94. The van der Waals surface area contributed by atoms with E-state index in [0.717, 1.165) is 52.0 Å². The molecule has 2 N–H and O–H groups in total. The summed E-state index contributed by atoms with van der Waals surface area (Å²) in [5.74, 6) is 0.534. The standard InChI is InChI=1S/C32H30ClN3O2/c1-19-11-13-23(14-12-19)36-27-8-6-9-28(37)31(27)30(25(17-34)32(36)35)24-16-22(20(2)15-21(24)3)18-38-29-10-5-4-7-26(29)33/h4-5,7,10-16,30H,6,8-9,18,35H2,1-3H3. The fraction of sp³-hybridized carbons (Fsp3) is 0.250. The summed E-state index contributed by atoms with van der Waals surface area (Å²) in [5, 5.41) is 10.9. The zero-order chi connectivity index (χ0) is 27.0. The normalized spacial score (nSPS) is 17.4. The summed E-state index contributed by atoms with van der Waals surface area (Å²) in [6, 6.07) is 21.9. The number of para-hydroxylation sites is 1. The molecule has 2 aliphatic rings. The zero-order valence-corrected chi connectivity index (χ0v) is 22.6. The summed E-state index contributed by atoms with van der Waals surface area (Å²) >= 11 is 6.30. The number of allylic oxidation sites excluding steroid dienone is 3. The molecule has 1 heterocycles. The van der Waals surface area contributed by atoms with Crippen molar-refractivity contribution in [1.82, 2.24) is 0 Å². The number of nitriles is 1. The molecule has 0 radical (unpaired) electrons. The lowest BCUT2D eigenvalue weighted by Crippen LogP contribution is -2.38. The Labute approximate surface area is 228 Å². The van der Waals surface area contributed by atoms with Crippen LogP contribution in [0.3, 0.4) is 0 Å². The van der Waals surface area contributed by atoms with E-state index in [1.807, 2.05) is 68.1 Å². The van der Waals surface area contributed by atoms with Crippen LogP contribution < -0.4 is 15.4 Å². The average molecular weight is 524 g/mol. The van der Waals surface area contributed by atoms with Gasteiger partial charge in [-0.05, 0) is 80.1 Å². The van der Waals surface area contributed by atoms with E-state index in [4.69, 9.17) is 22.1 Å². The van der Waals surface area contributed by atoms with Gasteiger partial charge in [0.1, 0.15) is 18.2 Å². The number of carbonyl (C=O) groups is 1. The number of hydrogen-bond acceptors (Lipinski definition) is 5. The van der Waals surface area contributed by atoms with Crippen LogP contribution in [0, 0.1) is 32.1 Å². The Bertz CT molecular complexity index is 1530. The minimum atomic E-state index is -0.524. The summed E-state index contributed by atoms with van der Waals surface area (Å²) in [5.41, 5.74) is 14.6. The van der Waals surface area contributed by atoms with E-state index in [-0.39, 0.29) is 5.78 Å². The van der Waals surface area contributed by atoms with Crippen LogP contribution in [0.2, 0.25) is 5.02 Å². The average Bonchev–Trinajstić information content (AvgIpc) is 2.89. The molecular weight excluding hydrogens is 494 g/mol. The number of ketones is 1. The maximum absolute atomic E-state index is 13.5. The second-order valence-electron chi connectivity index (χ2n) is 10.0. The fourth-order valence-corrected chi connectivity index (χ4v) is 5.68. The van der Waals surface area contributed by atoms with Crippen molar-refractivity contribution in [2.24, 2.45) is 5.73 Å². The van der Waals surface area contributed by atoms with Crippen molar-refractivity contribution < 1.29 is 9.53 Å². The third-order valence-electron chi connectivity index (χ3n) is 7.46. The van der Waals surface area contributed by atoms with Crippen LogP contribution in [0.4, 0.5) is 5.69 Å². The highest BCUT2D eigenvalue weighted by Gasteiger charge is 2.41. The molecule has 0 fully saturated rings. The van der Waals surface area contributed by atoms with Gasteiger partial charge in [0.25, 0.3) is 0 Å². The largest absolute Gasteiger partial charge is 0.487 e. The molecule has 5 rings (SSSR count). The van der Waals surface area contributed by atoms with Crippen LogP contribution in [0.5, 0.6) is 5.75 Å². The Hall–Kier alpha value is -4.01. The monoisotopic (exact) mass is 523 g/mol. The van der Waals surface area contributed by atoms with Gasteiger partial charge in [0.05, 0.1) is 22.6 Å². The van der Waals surface area contributed by atoms with Crippen LogP contribution in [-0.4, -0.2) is 5.78 Å². The van der Waals surface area contributed by atoms with Gasteiger partial charge >= 0.3 is 0 Å². The minimum Gasteiger partial charge on any atom is -0.487 e. The van der Waals surface area contributed by atoms with Crippen molar-refractivity contribution in [3.05, 3.63) is 116 Å². The van der Waals surface area contributed by atoms with Crippen LogP contribution in [0.1, 0.15) is 53.0 Å². The molecule has 3 aromatic rings. The van der Waals surface area contributed by atoms with Crippen molar-refractivity contribution in [3.63, 3.8) is 0 Å². The third-order valence-corrected chi connectivity index (χ3v) is 7.77. The molecule has 3 aromatic carbocycles. The molecule has 5 nitrogen and oxygen atoms in total. The summed E-state index contributed by atoms with van der Waals surface area (Å²) in [4.78, 5) is 15.4. The molecule has 0 saturated heterocycles. The number of nitrogens with zero attached hydrogens (tertiary/aromatic N) is 2. The molecule has 1 aliphatic heterocycles. The van der Waals surface area contributed by atoms with Gasteiger partial charge in [-0.25, -0.2) is 0 Å². The zero-order valence-electron chi connectivity index (χ0n) is 21.8. The van der Waals surface area contributed by atoms with Gasteiger partial charge in [-0.15, -0.1) is 0 Å². The highest BCUT2D eigenvalue weighted by molar-refractivity contribution is 6.32. The molecular formula is C32H30ClN3O2. The first-order chi connectivity index (χ1) is 18.3. The lowest BCUT2D eigenvalue weighted by Gasteiger charge is -2.40. The number of nitrogens with two attached hydrogens (primary N) is 1. The Kier molecular flexibility index (Phi) is 7.01. The van der Waals surface area contributed by atoms with Gasteiger partial charge in [0, 0.05) is 23.4 Å². The highest BCUT2D eigenvalue weighted by atomic mass is 35.5. The lowest BCUT2D eigenvalue weighted by atomic mass is 9.74. The number of Topliss-reactive ketones (excluding diaryl/α,β-unsaturated/α-hetero) is 1. The third kappa shape index (κ3) is 4.57. The number of anilines is 1. The molecule has 0 bridgehead atoms. The van der Waals surface area contributed by atoms with E-state index >= 15 is 0 Å². The number of carbonyl (C=O) groups excluding carboxylic acids is 1. The number of halogens is 1. The molecule has 192 valence electrons. The van der Waals surface area contributed by atoms with Crippen molar-refractivity contribution in [2.75, 3.05) is 4.90 Å². The van der Waals surface area contributed by atoms with Crippen LogP contribution >= 0.6 is 11.6 Å². The molecule has 1 unspecified atom stereocenters. The van der Waals surface area contributed by atoms with Gasteiger partial charge in [0.2, 0.25) is 0 Å². The molecule has 38 heavy (non-hydrogen) atoms. The van der Waals surface area contributed by atoms with Crippen molar-refractivity contribution in [3.8, 4) is 11.8 Å². The summed E-state index contributed by atoms with van der Waals surface area (Å²) < 4.78 is 6.05. The van der Waals surface area contributed by atoms with Gasteiger partial charge < -0.3 is 10.5 Å². The van der Waals surface area contributed by atoms with Crippen molar-refractivity contribution in [2.45, 2.75) is 52.6 Å². The summed E-state index contributed by atoms with van der Waals surface area (Å²) in [6.45, 7) is 6.39. The number of benzene rings is 3. The maximum atomic E-state index is 13.5. The van der Waals surface area contributed by atoms with E-state index in [1.54, 1.807) is 6.07 Å². The molecule has 1 aliphatic carbocycles. The molecule has 0 saturated carbocycles. The van der Waals surface area contributed by atoms with E-state index in [2.05, 4.69) is 18.2 Å². The Morgan fingerprint density at radius 3 is 2.50 bits per heavy atom.